The van der Waals surface area contributed by atoms with Crippen LogP contribution in [0, 0.1) is 17.1 Å². The molecule has 0 aromatic heterocycles. The van der Waals surface area contributed by atoms with E-state index in [2.05, 4.69) is 5.32 Å². The maximum absolute atomic E-state index is 13.4. The normalized spacial score (nSPS) is 9.78. The van der Waals surface area contributed by atoms with Crippen LogP contribution in [0.4, 0.5) is 10.1 Å². The number of nitrogens with zero attached hydrogens (tertiary/aromatic N) is 2. The molecule has 0 fully saturated rings. The Bertz CT molecular complexity index is 783. The number of hydrogen-bond acceptors (Lipinski definition) is 3. The number of rotatable bonds is 4. The summed E-state index contributed by atoms with van der Waals surface area (Å²) in [7, 11) is 1.45. The molecule has 2 aromatic rings. The fourth-order valence-electron chi connectivity index (χ4n) is 2.02. The molecule has 6 heteroatoms. The lowest BCUT2D eigenvalue weighted by molar-refractivity contribution is -0.119. The summed E-state index contributed by atoms with van der Waals surface area (Å²) in [5.41, 5.74) is 0.841. The first-order chi connectivity index (χ1) is 11.0. The van der Waals surface area contributed by atoms with Crippen molar-refractivity contribution < 1.29 is 14.0 Å². The van der Waals surface area contributed by atoms with Gasteiger partial charge in [0.05, 0.1) is 11.6 Å². The van der Waals surface area contributed by atoms with Gasteiger partial charge in [0.1, 0.15) is 12.4 Å². The zero-order valence-electron chi connectivity index (χ0n) is 12.4. The molecule has 0 heterocycles. The van der Waals surface area contributed by atoms with E-state index in [1.807, 2.05) is 6.07 Å². The fraction of sp³-hybridized carbons (Fsp3) is 0.118. The highest BCUT2D eigenvalue weighted by molar-refractivity contribution is 6.08. The molecule has 116 valence electrons. The molecule has 0 bridgehead atoms. The van der Waals surface area contributed by atoms with E-state index < -0.39 is 11.7 Å². The lowest BCUT2D eigenvalue weighted by Gasteiger charge is -2.22. The number of anilines is 1. The summed E-state index contributed by atoms with van der Waals surface area (Å²) in [5.74, 6) is -1.39. The van der Waals surface area contributed by atoms with Crippen LogP contribution in [0.15, 0.2) is 48.5 Å². The molecule has 23 heavy (non-hydrogen) atoms. The quantitative estimate of drug-likeness (QED) is 0.939. The number of nitriles is 1. The Morgan fingerprint density at radius 2 is 1.96 bits per heavy atom. The van der Waals surface area contributed by atoms with Crippen LogP contribution in [0.2, 0.25) is 0 Å². The second kappa shape index (κ2) is 7.18. The van der Waals surface area contributed by atoms with Crippen molar-refractivity contribution in [3.05, 3.63) is 65.5 Å². The molecule has 2 rings (SSSR count). The van der Waals surface area contributed by atoms with Crippen molar-refractivity contribution >= 4 is 17.5 Å². The maximum atomic E-state index is 13.4. The second-order valence-corrected chi connectivity index (χ2v) is 4.74. The van der Waals surface area contributed by atoms with Crippen LogP contribution in [0.3, 0.4) is 0 Å². The van der Waals surface area contributed by atoms with E-state index in [1.165, 1.54) is 42.3 Å². The monoisotopic (exact) mass is 311 g/mol. The molecule has 5 nitrogen and oxygen atoms in total. The zero-order valence-corrected chi connectivity index (χ0v) is 12.4. The molecular formula is C17H14FN3O2. The summed E-state index contributed by atoms with van der Waals surface area (Å²) < 4.78 is 13.4. The second-order valence-electron chi connectivity index (χ2n) is 4.74. The van der Waals surface area contributed by atoms with Gasteiger partial charge >= 0.3 is 0 Å². The summed E-state index contributed by atoms with van der Waals surface area (Å²) in [6.45, 7) is -0.254. The molecule has 0 atom stereocenters. The largest absolute Gasteiger partial charge is 0.358 e. The number of carbonyl (C=O) groups excluding carboxylic acids is 2. The van der Waals surface area contributed by atoms with Gasteiger partial charge in [0.25, 0.3) is 5.91 Å². The van der Waals surface area contributed by atoms with Crippen molar-refractivity contribution in [3.63, 3.8) is 0 Å². The number of benzene rings is 2. The molecule has 0 aliphatic rings. The van der Waals surface area contributed by atoms with Gasteiger partial charge in [-0.25, -0.2) is 4.39 Å². The molecule has 2 aromatic carbocycles. The summed E-state index contributed by atoms with van der Waals surface area (Å²) >= 11 is 0. The predicted molar refractivity (Wildman–Crippen MR) is 83.3 cm³/mol. The Kier molecular flexibility index (Phi) is 5.05. The highest BCUT2D eigenvalue weighted by Crippen LogP contribution is 2.19. The Labute approximate surface area is 133 Å². The number of likely N-dealkylation sites (N-methyl/N-ethyl adjacent to an activating group) is 1. The molecule has 0 radical (unpaired) electrons. The number of hydrogen-bond donors (Lipinski definition) is 1. The van der Waals surface area contributed by atoms with Crippen molar-refractivity contribution in [1.82, 2.24) is 5.32 Å². The van der Waals surface area contributed by atoms with E-state index in [0.29, 0.717) is 5.56 Å². The zero-order chi connectivity index (χ0) is 16.8. The standard InChI is InChI=1S/C17H14FN3O2/c1-20-16(22)11-21(15-7-3-6-14(18)9-15)17(23)13-5-2-4-12(8-13)10-19/h2-9H,11H2,1H3,(H,20,22). The minimum Gasteiger partial charge on any atom is -0.358 e. The van der Waals surface area contributed by atoms with E-state index in [9.17, 15) is 14.0 Å². The van der Waals surface area contributed by atoms with Gasteiger partial charge in [0.2, 0.25) is 5.91 Å². The molecule has 0 unspecified atom stereocenters. The lowest BCUT2D eigenvalue weighted by atomic mass is 10.1. The molecule has 1 N–H and O–H groups in total. The van der Waals surface area contributed by atoms with Crippen LogP contribution >= 0.6 is 0 Å². The van der Waals surface area contributed by atoms with E-state index >= 15 is 0 Å². The molecule has 2 amide bonds. The molecular weight excluding hydrogens is 297 g/mol. The smallest absolute Gasteiger partial charge is 0.258 e. The van der Waals surface area contributed by atoms with Crippen LogP contribution in [-0.2, 0) is 4.79 Å². The van der Waals surface area contributed by atoms with Crippen molar-refractivity contribution in [3.8, 4) is 6.07 Å². The third-order valence-corrected chi connectivity index (χ3v) is 3.18. The average molecular weight is 311 g/mol. The summed E-state index contributed by atoms with van der Waals surface area (Å²) in [6.07, 6.45) is 0. The Balaban J connectivity index is 2.42. The van der Waals surface area contributed by atoms with Gasteiger partial charge in [-0.05, 0) is 36.4 Å². The molecule has 0 saturated heterocycles. The lowest BCUT2D eigenvalue weighted by Crippen LogP contribution is -2.39. The van der Waals surface area contributed by atoms with Crippen molar-refractivity contribution in [2.45, 2.75) is 0 Å². The average Bonchev–Trinajstić information content (AvgIpc) is 2.58. The molecule has 0 saturated carbocycles. The van der Waals surface area contributed by atoms with Crippen molar-refractivity contribution in [1.29, 1.82) is 5.26 Å². The number of halogens is 1. The Morgan fingerprint density at radius 1 is 1.22 bits per heavy atom. The first kappa shape index (κ1) is 16.2. The summed E-state index contributed by atoms with van der Waals surface area (Å²) in [4.78, 5) is 25.5. The van der Waals surface area contributed by atoms with Gasteiger partial charge in [-0.1, -0.05) is 12.1 Å². The van der Waals surface area contributed by atoms with Gasteiger partial charge in [-0.3, -0.25) is 14.5 Å². The highest BCUT2D eigenvalue weighted by Gasteiger charge is 2.21. The van der Waals surface area contributed by atoms with Crippen molar-refractivity contribution in [2.75, 3.05) is 18.5 Å². The Hall–Kier alpha value is -3.20. The number of carbonyl (C=O) groups is 2. The van der Waals surface area contributed by atoms with Gasteiger partial charge in [0.15, 0.2) is 0 Å². The van der Waals surface area contributed by atoms with Crippen LogP contribution in [0.25, 0.3) is 0 Å². The molecule has 0 aliphatic heterocycles. The third kappa shape index (κ3) is 3.92. The molecule has 0 aliphatic carbocycles. The van der Waals surface area contributed by atoms with E-state index in [-0.39, 0.29) is 23.7 Å². The first-order valence-electron chi connectivity index (χ1n) is 6.83. The van der Waals surface area contributed by atoms with E-state index in [4.69, 9.17) is 5.26 Å². The highest BCUT2D eigenvalue weighted by atomic mass is 19.1. The maximum Gasteiger partial charge on any atom is 0.258 e. The van der Waals surface area contributed by atoms with Crippen LogP contribution in [0.5, 0.6) is 0 Å². The summed E-state index contributed by atoms with van der Waals surface area (Å²) in [5, 5.41) is 11.4. The van der Waals surface area contributed by atoms with Gasteiger partial charge in [-0.2, -0.15) is 5.26 Å². The predicted octanol–water partition coefficient (Wildman–Crippen LogP) is 2.09. The van der Waals surface area contributed by atoms with E-state index in [1.54, 1.807) is 18.2 Å². The van der Waals surface area contributed by atoms with Crippen LogP contribution in [0.1, 0.15) is 15.9 Å². The first-order valence-corrected chi connectivity index (χ1v) is 6.83. The summed E-state index contributed by atoms with van der Waals surface area (Å²) in [6, 6.07) is 13.5. The van der Waals surface area contributed by atoms with Gasteiger partial charge in [0, 0.05) is 18.3 Å². The molecule has 0 spiro atoms. The minimum absolute atomic E-state index is 0.247. The van der Waals surface area contributed by atoms with Gasteiger partial charge < -0.3 is 5.32 Å². The number of nitrogens with one attached hydrogen (secondary N) is 1. The third-order valence-electron chi connectivity index (χ3n) is 3.18. The minimum atomic E-state index is -0.511. The Morgan fingerprint density at radius 3 is 2.61 bits per heavy atom. The number of amides is 2. The topological polar surface area (TPSA) is 73.2 Å². The van der Waals surface area contributed by atoms with E-state index in [0.717, 1.165) is 0 Å². The van der Waals surface area contributed by atoms with Crippen LogP contribution < -0.4 is 10.2 Å². The fourth-order valence-corrected chi connectivity index (χ4v) is 2.02. The van der Waals surface area contributed by atoms with Crippen LogP contribution in [-0.4, -0.2) is 25.4 Å². The SMILES string of the molecule is CNC(=O)CN(C(=O)c1cccc(C#N)c1)c1cccc(F)c1. The van der Waals surface area contributed by atoms with Gasteiger partial charge in [-0.15, -0.1) is 0 Å². The van der Waals surface area contributed by atoms with Crippen molar-refractivity contribution in [2.24, 2.45) is 0 Å².